The molecule has 0 bridgehead atoms. The summed E-state index contributed by atoms with van der Waals surface area (Å²) in [6.07, 6.45) is 4.40. The Labute approximate surface area is 92.6 Å². The second kappa shape index (κ2) is 6.60. The van der Waals surface area contributed by atoms with Crippen molar-refractivity contribution in [2.24, 2.45) is 0 Å². The van der Waals surface area contributed by atoms with Crippen LogP contribution in [0.4, 0.5) is 0 Å². The minimum Gasteiger partial charge on any atom is -0.481 e. The number of rotatable bonds is 7. The number of carbonyl (C=O) groups excluding carboxylic acids is 1. The zero-order chi connectivity index (χ0) is 11.8. The van der Waals surface area contributed by atoms with Crippen molar-refractivity contribution >= 4 is 11.9 Å². The van der Waals surface area contributed by atoms with Gasteiger partial charge in [0.15, 0.2) is 0 Å². The number of imidazole rings is 1. The topological polar surface area (TPSA) is 92.3 Å². The molecule has 1 rings (SSSR count). The molecule has 0 amide bonds. The number of aromatic nitrogens is 2. The molecule has 0 radical (unpaired) electrons. The van der Waals surface area contributed by atoms with Crippen molar-refractivity contribution in [2.75, 3.05) is 6.61 Å². The van der Waals surface area contributed by atoms with Gasteiger partial charge in [-0.1, -0.05) is 0 Å². The fraction of sp³-hybridized carbons (Fsp3) is 0.500. The molecule has 0 aliphatic heterocycles. The number of nitrogens with zero attached hydrogens (tertiary/aromatic N) is 1. The summed E-state index contributed by atoms with van der Waals surface area (Å²) in [5.74, 6) is -1.20. The van der Waals surface area contributed by atoms with E-state index in [2.05, 4.69) is 9.97 Å². The maximum absolute atomic E-state index is 11.2. The number of carboxylic acid groups (broad SMARTS) is 1. The largest absolute Gasteiger partial charge is 0.481 e. The van der Waals surface area contributed by atoms with Crippen LogP contribution in [-0.2, 0) is 20.7 Å². The Kier molecular flexibility index (Phi) is 5.04. The third-order valence-electron chi connectivity index (χ3n) is 1.95. The van der Waals surface area contributed by atoms with Crippen LogP contribution in [0.5, 0.6) is 0 Å². The van der Waals surface area contributed by atoms with E-state index in [4.69, 9.17) is 9.84 Å². The first-order valence-electron chi connectivity index (χ1n) is 5.03. The van der Waals surface area contributed by atoms with Gasteiger partial charge in [0.05, 0.1) is 19.4 Å². The molecule has 16 heavy (non-hydrogen) atoms. The average Bonchev–Trinajstić information content (AvgIpc) is 2.74. The molecule has 0 spiro atoms. The molecular weight excluding hydrogens is 212 g/mol. The van der Waals surface area contributed by atoms with Crippen LogP contribution in [0, 0.1) is 0 Å². The van der Waals surface area contributed by atoms with Gasteiger partial charge in [-0.15, -0.1) is 0 Å². The van der Waals surface area contributed by atoms with Crippen molar-refractivity contribution in [3.8, 4) is 0 Å². The molecule has 1 aromatic heterocycles. The van der Waals surface area contributed by atoms with Gasteiger partial charge in [0.2, 0.25) is 0 Å². The molecule has 6 heteroatoms. The Bertz CT molecular complexity index is 335. The molecule has 88 valence electrons. The molecule has 0 atom stereocenters. The smallest absolute Gasteiger partial charge is 0.306 e. The first-order chi connectivity index (χ1) is 7.68. The van der Waals surface area contributed by atoms with Crippen LogP contribution in [0.1, 0.15) is 25.0 Å². The molecule has 0 fully saturated rings. The summed E-state index contributed by atoms with van der Waals surface area (Å²) in [6, 6.07) is 0. The molecule has 0 aliphatic rings. The Balaban J connectivity index is 2.05. The Morgan fingerprint density at radius 1 is 1.44 bits per heavy atom. The fourth-order valence-electron chi connectivity index (χ4n) is 1.14. The van der Waals surface area contributed by atoms with Gasteiger partial charge in [-0.2, -0.15) is 0 Å². The van der Waals surface area contributed by atoms with Gasteiger partial charge in [-0.05, 0) is 12.8 Å². The number of H-pyrrole nitrogens is 1. The zero-order valence-electron chi connectivity index (χ0n) is 8.81. The fourth-order valence-corrected chi connectivity index (χ4v) is 1.14. The molecule has 6 nitrogen and oxygen atoms in total. The maximum Gasteiger partial charge on any atom is 0.306 e. The summed E-state index contributed by atoms with van der Waals surface area (Å²) in [5, 5.41) is 8.36. The lowest BCUT2D eigenvalue weighted by Gasteiger charge is -2.02. The summed E-state index contributed by atoms with van der Waals surface area (Å²) in [5.41, 5.74) is 0.877. The molecule has 0 saturated heterocycles. The summed E-state index contributed by atoms with van der Waals surface area (Å²) < 4.78 is 4.85. The molecule has 0 saturated carbocycles. The van der Waals surface area contributed by atoms with Gasteiger partial charge in [-0.25, -0.2) is 4.98 Å². The number of hydrogen-bond donors (Lipinski definition) is 2. The Hall–Kier alpha value is -1.85. The van der Waals surface area contributed by atoms with Crippen molar-refractivity contribution in [1.82, 2.24) is 9.97 Å². The van der Waals surface area contributed by atoms with Crippen molar-refractivity contribution in [3.05, 3.63) is 18.2 Å². The van der Waals surface area contributed by atoms with E-state index in [1.807, 2.05) is 0 Å². The van der Waals surface area contributed by atoms with Gasteiger partial charge >= 0.3 is 11.9 Å². The third kappa shape index (κ3) is 5.14. The van der Waals surface area contributed by atoms with E-state index in [0.29, 0.717) is 12.8 Å². The van der Waals surface area contributed by atoms with Gasteiger partial charge in [-0.3, -0.25) is 9.59 Å². The molecule has 0 aliphatic carbocycles. The number of aryl methyl sites for hydroxylation is 1. The molecule has 0 unspecified atom stereocenters. The number of aliphatic carboxylic acids is 1. The van der Waals surface area contributed by atoms with Crippen LogP contribution < -0.4 is 0 Å². The predicted molar refractivity (Wildman–Crippen MR) is 54.7 cm³/mol. The lowest BCUT2D eigenvalue weighted by molar-refractivity contribution is -0.145. The molecule has 1 aromatic rings. The second-order valence-corrected chi connectivity index (χ2v) is 3.29. The van der Waals surface area contributed by atoms with E-state index in [1.54, 1.807) is 12.5 Å². The Morgan fingerprint density at radius 2 is 2.25 bits per heavy atom. The summed E-state index contributed by atoms with van der Waals surface area (Å²) in [4.78, 5) is 28.1. The van der Waals surface area contributed by atoms with Gasteiger partial charge < -0.3 is 14.8 Å². The quantitative estimate of drug-likeness (QED) is 0.528. The number of aromatic amines is 1. The van der Waals surface area contributed by atoms with Crippen LogP contribution in [0.15, 0.2) is 12.5 Å². The number of hydrogen-bond acceptors (Lipinski definition) is 4. The van der Waals surface area contributed by atoms with Gasteiger partial charge in [0, 0.05) is 18.3 Å². The van der Waals surface area contributed by atoms with E-state index in [-0.39, 0.29) is 25.4 Å². The number of ether oxygens (including phenoxy) is 1. The number of carbonyl (C=O) groups is 2. The predicted octanol–water partition coefficient (Wildman–Crippen LogP) is 0.750. The monoisotopic (exact) mass is 226 g/mol. The van der Waals surface area contributed by atoms with E-state index < -0.39 is 5.97 Å². The van der Waals surface area contributed by atoms with E-state index in [9.17, 15) is 9.59 Å². The van der Waals surface area contributed by atoms with Crippen LogP contribution in [0.2, 0.25) is 0 Å². The highest BCUT2D eigenvalue weighted by Gasteiger charge is 2.05. The molecule has 0 aromatic carbocycles. The number of nitrogens with one attached hydrogen (secondary N) is 1. The Morgan fingerprint density at radius 3 is 2.88 bits per heavy atom. The SMILES string of the molecule is O=C(O)CCCOC(=O)CCc1cnc[nH]1. The maximum atomic E-state index is 11.2. The minimum atomic E-state index is -0.881. The van der Waals surface area contributed by atoms with Crippen molar-refractivity contribution in [2.45, 2.75) is 25.7 Å². The van der Waals surface area contributed by atoms with Crippen LogP contribution in [0.25, 0.3) is 0 Å². The number of carboxylic acids is 1. The van der Waals surface area contributed by atoms with Crippen molar-refractivity contribution in [3.63, 3.8) is 0 Å². The zero-order valence-corrected chi connectivity index (χ0v) is 8.81. The normalized spacial score (nSPS) is 10.0. The standard InChI is InChI=1S/C10H14N2O4/c13-9(14)2-1-5-16-10(15)4-3-8-6-11-7-12-8/h6-7H,1-5H2,(H,11,12)(H,13,14). The average molecular weight is 226 g/mol. The van der Waals surface area contributed by atoms with Crippen molar-refractivity contribution in [1.29, 1.82) is 0 Å². The van der Waals surface area contributed by atoms with E-state index >= 15 is 0 Å². The lowest BCUT2D eigenvalue weighted by Crippen LogP contribution is -2.08. The number of esters is 1. The minimum absolute atomic E-state index is 0.0217. The first-order valence-corrected chi connectivity index (χ1v) is 5.03. The van der Waals surface area contributed by atoms with Crippen molar-refractivity contribution < 1.29 is 19.4 Å². The molecule has 1 heterocycles. The third-order valence-corrected chi connectivity index (χ3v) is 1.95. The second-order valence-electron chi connectivity index (χ2n) is 3.29. The first kappa shape index (κ1) is 12.2. The summed E-state index contributed by atoms with van der Waals surface area (Å²) in [7, 11) is 0. The molecule has 2 N–H and O–H groups in total. The highest BCUT2D eigenvalue weighted by molar-refractivity contribution is 5.69. The van der Waals surface area contributed by atoms with E-state index in [0.717, 1.165) is 5.69 Å². The lowest BCUT2D eigenvalue weighted by atomic mass is 10.2. The molecular formula is C10H14N2O4. The van der Waals surface area contributed by atoms with Gasteiger partial charge in [0.1, 0.15) is 0 Å². The van der Waals surface area contributed by atoms with E-state index in [1.165, 1.54) is 0 Å². The van der Waals surface area contributed by atoms with Crippen LogP contribution >= 0.6 is 0 Å². The van der Waals surface area contributed by atoms with Gasteiger partial charge in [0.25, 0.3) is 0 Å². The van der Waals surface area contributed by atoms with Crippen LogP contribution in [-0.4, -0.2) is 33.6 Å². The summed E-state index contributed by atoms with van der Waals surface area (Å²) in [6.45, 7) is 0.161. The highest BCUT2D eigenvalue weighted by Crippen LogP contribution is 1.99. The highest BCUT2D eigenvalue weighted by atomic mass is 16.5. The summed E-state index contributed by atoms with van der Waals surface area (Å²) >= 11 is 0. The van der Waals surface area contributed by atoms with Crippen LogP contribution in [0.3, 0.4) is 0 Å².